The van der Waals surface area contributed by atoms with E-state index >= 15 is 0 Å². The summed E-state index contributed by atoms with van der Waals surface area (Å²) in [4.78, 5) is 20.5. The Balaban J connectivity index is 2.91. The number of nitro groups is 1. The largest absolute Gasteiger partial charge is 0.393 e. The second kappa shape index (κ2) is 4.92. The van der Waals surface area contributed by atoms with E-state index in [0.717, 1.165) is 0 Å². The van der Waals surface area contributed by atoms with Gasteiger partial charge in [0.15, 0.2) is 0 Å². The summed E-state index contributed by atoms with van der Waals surface area (Å²) in [7, 11) is 0. The van der Waals surface area contributed by atoms with Crippen LogP contribution in [0.1, 0.15) is 12.0 Å². The Hall–Kier alpha value is -2.37. The van der Waals surface area contributed by atoms with Gasteiger partial charge in [0.1, 0.15) is 5.69 Å². The lowest BCUT2D eigenvalue weighted by molar-refractivity contribution is -0.383. The number of nitrogens with zero attached hydrogens (tertiary/aromatic N) is 1. The van der Waals surface area contributed by atoms with Gasteiger partial charge in [-0.3, -0.25) is 14.9 Å². The Morgan fingerprint density at radius 1 is 1.50 bits per heavy atom. The molecule has 0 atom stereocenters. The molecule has 0 fully saturated rings. The first kappa shape index (κ1) is 11.7. The van der Waals surface area contributed by atoms with Gasteiger partial charge in [-0.1, -0.05) is 18.2 Å². The summed E-state index contributed by atoms with van der Waals surface area (Å²) in [5, 5.41) is 10.6. The Morgan fingerprint density at radius 3 is 2.75 bits per heavy atom. The number of hydrogen-bond donors (Lipinski definition) is 2. The van der Waals surface area contributed by atoms with Crippen LogP contribution in [0.2, 0.25) is 0 Å². The maximum atomic E-state index is 10.6. The second-order valence-electron chi connectivity index (χ2n) is 3.15. The fourth-order valence-electron chi connectivity index (χ4n) is 1.13. The van der Waals surface area contributed by atoms with Crippen LogP contribution in [-0.2, 0) is 4.79 Å². The molecule has 0 saturated heterocycles. The number of nitro benzene ring substituents is 1. The van der Waals surface area contributed by atoms with Crippen molar-refractivity contribution < 1.29 is 9.72 Å². The van der Waals surface area contributed by atoms with Gasteiger partial charge in [0.2, 0.25) is 5.91 Å². The third-order valence-electron chi connectivity index (χ3n) is 1.88. The first-order chi connectivity index (χ1) is 7.50. The number of carbonyl (C=O) groups excluding carboxylic acids is 1. The number of nitrogen functional groups attached to an aromatic ring is 1. The van der Waals surface area contributed by atoms with Crippen molar-refractivity contribution >= 4 is 23.4 Å². The lowest BCUT2D eigenvalue weighted by Crippen LogP contribution is -2.07. The van der Waals surface area contributed by atoms with Gasteiger partial charge >= 0.3 is 0 Å². The first-order valence-electron chi connectivity index (χ1n) is 4.49. The molecule has 1 rings (SSSR count). The molecule has 0 saturated carbocycles. The van der Waals surface area contributed by atoms with E-state index in [2.05, 4.69) is 0 Å². The summed E-state index contributed by atoms with van der Waals surface area (Å²) >= 11 is 0. The van der Waals surface area contributed by atoms with Crippen LogP contribution in [0.5, 0.6) is 0 Å². The molecule has 0 aliphatic rings. The molecule has 1 aromatic carbocycles. The summed E-state index contributed by atoms with van der Waals surface area (Å²) in [6.07, 6.45) is 3.22. The zero-order valence-corrected chi connectivity index (χ0v) is 8.42. The maximum Gasteiger partial charge on any atom is 0.292 e. The number of rotatable bonds is 4. The van der Waals surface area contributed by atoms with E-state index in [0.29, 0.717) is 5.56 Å². The van der Waals surface area contributed by atoms with E-state index in [1.54, 1.807) is 12.1 Å². The number of benzene rings is 1. The van der Waals surface area contributed by atoms with Crippen molar-refractivity contribution in [2.75, 3.05) is 5.73 Å². The van der Waals surface area contributed by atoms with Crippen molar-refractivity contribution in [1.82, 2.24) is 0 Å². The molecule has 16 heavy (non-hydrogen) atoms. The minimum Gasteiger partial charge on any atom is -0.393 e. The molecule has 6 nitrogen and oxygen atoms in total. The maximum absolute atomic E-state index is 10.6. The van der Waals surface area contributed by atoms with Crippen molar-refractivity contribution in [2.45, 2.75) is 6.42 Å². The fourth-order valence-corrected chi connectivity index (χ4v) is 1.13. The highest BCUT2D eigenvalue weighted by molar-refractivity contribution is 5.76. The van der Waals surface area contributed by atoms with Gasteiger partial charge in [0, 0.05) is 12.5 Å². The number of amides is 1. The second-order valence-corrected chi connectivity index (χ2v) is 3.15. The monoisotopic (exact) mass is 221 g/mol. The number of primary amides is 1. The van der Waals surface area contributed by atoms with Gasteiger partial charge in [-0.2, -0.15) is 0 Å². The highest BCUT2D eigenvalue weighted by Gasteiger charge is 2.10. The van der Waals surface area contributed by atoms with Gasteiger partial charge < -0.3 is 11.5 Å². The molecule has 0 radical (unpaired) electrons. The minimum absolute atomic E-state index is 0.0954. The average Bonchev–Trinajstić information content (AvgIpc) is 2.19. The number of carbonyl (C=O) groups is 1. The standard InChI is InChI=1S/C10H11N3O3/c11-8-5-4-7(2-1-3-10(12)14)6-9(8)13(15)16/h1-2,4-6H,3,11H2,(H2,12,14). The van der Waals surface area contributed by atoms with Gasteiger partial charge in [-0.15, -0.1) is 0 Å². The van der Waals surface area contributed by atoms with Gasteiger partial charge in [0.25, 0.3) is 5.69 Å². The SMILES string of the molecule is NC(=O)CC=Cc1ccc(N)c([N+](=O)[O-])c1. The Kier molecular flexibility index (Phi) is 3.60. The lowest BCUT2D eigenvalue weighted by atomic mass is 10.1. The zero-order chi connectivity index (χ0) is 12.1. The van der Waals surface area contributed by atoms with Crippen LogP contribution in [-0.4, -0.2) is 10.8 Å². The quantitative estimate of drug-likeness (QED) is 0.449. The van der Waals surface area contributed by atoms with E-state index in [1.807, 2.05) is 0 Å². The van der Waals surface area contributed by atoms with E-state index in [9.17, 15) is 14.9 Å². The molecule has 0 heterocycles. The molecule has 1 aromatic rings. The normalized spacial score (nSPS) is 10.5. The zero-order valence-electron chi connectivity index (χ0n) is 8.42. The van der Waals surface area contributed by atoms with Gasteiger partial charge in [-0.05, 0) is 11.6 Å². The highest BCUT2D eigenvalue weighted by atomic mass is 16.6. The lowest BCUT2D eigenvalue weighted by Gasteiger charge is -1.98. The van der Waals surface area contributed by atoms with E-state index in [-0.39, 0.29) is 17.8 Å². The molecular formula is C10H11N3O3. The molecule has 84 valence electrons. The van der Waals surface area contributed by atoms with E-state index < -0.39 is 10.8 Å². The molecule has 0 unspecified atom stereocenters. The Bertz CT molecular complexity index is 455. The highest BCUT2D eigenvalue weighted by Crippen LogP contribution is 2.22. The molecule has 1 amide bonds. The van der Waals surface area contributed by atoms with E-state index in [4.69, 9.17) is 11.5 Å². The molecular weight excluding hydrogens is 210 g/mol. The van der Waals surface area contributed by atoms with Crippen molar-refractivity contribution in [3.8, 4) is 0 Å². The van der Waals surface area contributed by atoms with Crippen LogP contribution in [0.3, 0.4) is 0 Å². The molecule has 6 heteroatoms. The third kappa shape index (κ3) is 3.09. The van der Waals surface area contributed by atoms with Crippen LogP contribution >= 0.6 is 0 Å². The molecule has 0 aliphatic carbocycles. The summed E-state index contributed by atoms with van der Waals surface area (Å²) in [6, 6.07) is 4.41. The molecule has 4 N–H and O–H groups in total. The summed E-state index contributed by atoms with van der Waals surface area (Å²) in [5.74, 6) is -0.457. The third-order valence-corrected chi connectivity index (χ3v) is 1.88. The average molecular weight is 221 g/mol. The molecule has 0 aromatic heterocycles. The van der Waals surface area contributed by atoms with Crippen LogP contribution in [0, 0.1) is 10.1 Å². The fraction of sp³-hybridized carbons (Fsp3) is 0.100. The summed E-state index contributed by atoms with van der Waals surface area (Å²) in [5.41, 5.74) is 10.9. The topological polar surface area (TPSA) is 112 Å². The summed E-state index contributed by atoms with van der Waals surface area (Å²) in [6.45, 7) is 0. The predicted molar refractivity (Wildman–Crippen MR) is 60.4 cm³/mol. The molecule has 0 spiro atoms. The predicted octanol–water partition coefficient (Wildman–Crippen LogP) is 1.07. The van der Waals surface area contributed by atoms with Crippen LogP contribution in [0.15, 0.2) is 24.3 Å². The van der Waals surface area contributed by atoms with Crippen molar-refractivity contribution in [3.63, 3.8) is 0 Å². The van der Waals surface area contributed by atoms with E-state index in [1.165, 1.54) is 18.2 Å². The number of hydrogen-bond acceptors (Lipinski definition) is 4. The van der Waals surface area contributed by atoms with Crippen molar-refractivity contribution in [2.24, 2.45) is 5.73 Å². The Morgan fingerprint density at radius 2 is 2.19 bits per heavy atom. The van der Waals surface area contributed by atoms with Crippen molar-refractivity contribution in [3.05, 3.63) is 40.0 Å². The van der Waals surface area contributed by atoms with Crippen LogP contribution < -0.4 is 11.5 Å². The van der Waals surface area contributed by atoms with Crippen molar-refractivity contribution in [1.29, 1.82) is 0 Å². The smallest absolute Gasteiger partial charge is 0.292 e. The number of nitrogens with two attached hydrogens (primary N) is 2. The first-order valence-corrected chi connectivity index (χ1v) is 4.49. The minimum atomic E-state index is -0.555. The number of anilines is 1. The van der Waals surface area contributed by atoms with Crippen LogP contribution in [0.4, 0.5) is 11.4 Å². The van der Waals surface area contributed by atoms with Crippen LogP contribution in [0.25, 0.3) is 6.08 Å². The molecule has 0 bridgehead atoms. The van der Waals surface area contributed by atoms with Gasteiger partial charge in [-0.25, -0.2) is 0 Å². The molecule has 0 aliphatic heterocycles. The van der Waals surface area contributed by atoms with Gasteiger partial charge in [0.05, 0.1) is 4.92 Å². The summed E-state index contributed by atoms with van der Waals surface area (Å²) < 4.78 is 0. The Labute approximate surface area is 91.7 Å².